The number of pyridine rings is 1. The zero-order valence-electron chi connectivity index (χ0n) is 9.32. The molecule has 5 heteroatoms. The number of hydrogen-bond donors (Lipinski definition) is 1. The molecule has 0 amide bonds. The van der Waals surface area contributed by atoms with Crippen molar-refractivity contribution in [1.29, 1.82) is 5.26 Å². The fraction of sp³-hybridized carbons (Fsp3) is 0.0769. The third kappa shape index (κ3) is 3.13. The molecule has 0 bridgehead atoms. The summed E-state index contributed by atoms with van der Waals surface area (Å²) in [4.78, 5) is 4.12. The molecule has 1 N–H and O–H groups in total. The number of nitriles is 1. The lowest BCUT2D eigenvalue weighted by Gasteiger charge is -2.07. The maximum absolute atomic E-state index is 8.78. The first-order valence-electron chi connectivity index (χ1n) is 5.23. The summed E-state index contributed by atoms with van der Waals surface area (Å²) in [6.07, 6.45) is 1.59. The van der Waals surface area contributed by atoms with Crippen LogP contribution in [0.2, 0.25) is 10.0 Å². The van der Waals surface area contributed by atoms with E-state index in [1.807, 2.05) is 6.07 Å². The smallest absolute Gasteiger partial charge is 0.127 e. The van der Waals surface area contributed by atoms with Gasteiger partial charge >= 0.3 is 0 Å². The summed E-state index contributed by atoms with van der Waals surface area (Å²) < 4.78 is 0. The average molecular weight is 278 g/mol. The predicted molar refractivity (Wildman–Crippen MR) is 72.7 cm³/mol. The number of rotatable bonds is 3. The normalized spacial score (nSPS) is 9.83. The molecule has 90 valence electrons. The Labute approximate surface area is 115 Å². The predicted octanol–water partition coefficient (Wildman–Crippen LogP) is 3.87. The van der Waals surface area contributed by atoms with Gasteiger partial charge in [0.1, 0.15) is 5.82 Å². The number of halogens is 2. The Bertz CT molecular complexity index is 605. The summed E-state index contributed by atoms with van der Waals surface area (Å²) in [5.41, 5.74) is 1.49. The van der Waals surface area contributed by atoms with Crippen molar-refractivity contribution in [3.05, 3.63) is 57.7 Å². The van der Waals surface area contributed by atoms with Gasteiger partial charge in [-0.05, 0) is 29.8 Å². The fourth-order valence-electron chi connectivity index (χ4n) is 1.45. The topological polar surface area (TPSA) is 48.7 Å². The minimum absolute atomic E-state index is 0.526. The summed E-state index contributed by atoms with van der Waals surface area (Å²) in [6, 6.07) is 10.7. The third-order valence-corrected chi connectivity index (χ3v) is 2.95. The van der Waals surface area contributed by atoms with Crippen molar-refractivity contribution < 1.29 is 0 Å². The standard InChI is InChI=1S/C13H9Cl2N3/c14-11-2-1-10(12(15)6-11)8-18-13-5-9(7-16)3-4-17-13/h1-6H,8H2,(H,17,18). The number of nitrogens with zero attached hydrogens (tertiary/aromatic N) is 2. The number of nitrogens with one attached hydrogen (secondary N) is 1. The zero-order chi connectivity index (χ0) is 13.0. The molecule has 1 aromatic heterocycles. The van der Waals surface area contributed by atoms with Gasteiger partial charge in [-0.25, -0.2) is 4.98 Å². The van der Waals surface area contributed by atoms with E-state index in [1.54, 1.807) is 30.5 Å². The molecule has 0 aliphatic rings. The summed E-state index contributed by atoms with van der Waals surface area (Å²) in [5.74, 6) is 0.639. The molecule has 2 rings (SSSR count). The quantitative estimate of drug-likeness (QED) is 0.927. The van der Waals surface area contributed by atoms with E-state index >= 15 is 0 Å². The van der Waals surface area contributed by atoms with Gasteiger partial charge in [-0.2, -0.15) is 5.26 Å². The molecule has 0 saturated heterocycles. The molecule has 0 saturated carbocycles. The van der Waals surface area contributed by atoms with Crippen LogP contribution in [0.1, 0.15) is 11.1 Å². The van der Waals surface area contributed by atoms with E-state index in [9.17, 15) is 0 Å². The van der Waals surface area contributed by atoms with Gasteiger partial charge in [-0.3, -0.25) is 0 Å². The first-order valence-corrected chi connectivity index (χ1v) is 5.98. The van der Waals surface area contributed by atoms with E-state index in [0.29, 0.717) is 28.0 Å². The van der Waals surface area contributed by atoms with Crippen molar-refractivity contribution in [2.24, 2.45) is 0 Å². The van der Waals surface area contributed by atoms with Crippen molar-refractivity contribution in [1.82, 2.24) is 4.98 Å². The third-order valence-electron chi connectivity index (χ3n) is 2.36. The molecule has 0 aliphatic heterocycles. The first-order chi connectivity index (χ1) is 8.69. The average Bonchev–Trinajstić information content (AvgIpc) is 2.38. The Morgan fingerprint density at radius 1 is 1.22 bits per heavy atom. The van der Waals surface area contributed by atoms with E-state index in [1.165, 1.54) is 0 Å². The highest BCUT2D eigenvalue weighted by Crippen LogP contribution is 2.21. The fourth-order valence-corrected chi connectivity index (χ4v) is 1.92. The molecule has 0 unspecified atom stereocenters. The molecule has 2 aromatic rings. The van der Waals surface area contributed by atoms with Crippen LogP contribution in [0.3, 0.4) is 0 Å². The molecule has 0 fully saturated rings. The summed E-state index contributed by atoms with van der Waals surface area (Å²) in [7, 11) is 0. The van der Waals surface area contributed by atoms with E-state index in [-0.39, 0.29) is 0 Å². The van der Waals surface area contributed by atoms with Crippen molar-refractivity contribution in [2.75, 3.05) is 5.32 Å². The molecule has 0 aliphatic carbocycles. The van der Waals surface area contributed by atoms with Crippen LogP contribution in [0.4, 0.5) is 5.82 Å². The van der Waals surface area contributed by atoms with Gasteiger partial charge in [-0.1, -0.05) is 29.3 Å². The number of benzene rings is 1. The number of hydrogen-bond acceptors (Lipinski definition) is 3. The Balaban J connectivity index is 2.09. The SMILES string of the molecule is N#Cc1ccnc(NCc2ccc(Cl)cc2Cl)c1. The second kappa shape index (κ2) is 5.72. The van der Waals surface area contributed by atoms with Crippen LogP contribution in [-0.4, -0.2) is 4.98 Å². The molecular formula is C13H9Cl2N3. The van der Waals surface area contributed by atoms with E-state index in [2.05, 4.69) is 16.4 Å². The largest absolute Gasteiger partial charge is 0.366 e. The van der Waals surface area contributed by atoms with Crippen LogP contribution in [-0.2, 0) is 6.54 Å². The van der Waals surface area contributed by atoms with Gasteiger partial charge < -0.3 is 5.32 Å². The van der Waals surface area contributed by atoms with Crippen LogP contribution < -0.4 is 5.32 Å². The minimum atomic E-state index is 0.526. The van der Waals surface area contributed by atoms with Crippen molar-refractivity contribution in [2.45, 2.75) is 6.54 Å². The van der Waals surface area contributed by atoms with Crippen LogP contribution in [0, 0.1) is 11.3 Å². The second-order valence-corrected chi connectivity index (χ2v) is 4.47. The zero-order valence-corrected chi connectivity index (χ0v) is 10.8. The van der Waals surface area contributed by atoms with Crippen molar-refractivity contribution in [3.8, 4) is 6.07 Å². The van der Waals surface area contributed by atoms with Gasteiger partial charge in [-0.15, -0.1) is 0 Å². The minimum Gasteiger partial charge on any atom is -0.366 e. The molecule has 18 heavy (non-hydrogen) atoms. The lowest BCUT2D eigenvalue weighted by atomic mass is 10.2. The molecule has 1 aromatic carbocycles. The van der Waals surface area contributed by atoms with Crippen molar-refractivity contribution in [3.63, 3.8) is 0 Å². The highest BCUT2D eigenvalue weighted by Gasteiger charge is 2.02. The van der Waals surface area contributed by atoms with Crippen LogP contribution in [0.25, 0.3) is 0 Å². The molecule has 0 radical (unpaired) electrons. The monoisotopic (exact) mass is 277 g/mol. The molecule has 0 atom stereocenters. The number of anilines is 1. The highest BCUT2D eigenvalue weighted by atomic mass is 35.5. The Hall–Kier alpha value is -1.76. The van der Waals surface area contributed by atoms with Gasteiger partial charge in [0.25, 0.3) is 0 Å². The van der Waals surface area contributed by atoms with Gasteiger partial charge in [0.05, 0.1) is 11.6 Å². The van der Waals surface area contributed by atoms with Crippen LogP contribution >= 0.6 is 23.2 Å². The van der Waals surface area contributed by atoms with Gasteiger partial charge in [0.2, 0.25) is 0 Å². The molecular weight excluding hydrogens is 269 g/mol. The Kier molecular flexibility index (Phi) is 4.03. The number of aromatic nitrogens is 1. The van der Waals surface area contributed by atoms with E-state index < -0.39 is 0 Å². The lowest BCUT2D eigenvalue weighted by molar-refractivity contribution is 1.11. The first kappa shape index (κ1) is 12.7. The molecule has 3 nitrogen and oxygen atoms in total. The maximum Gasteiger partial charge on any atom is 0.127 e. The summed E-state index contributed by atoms with van der Waals surface area (Å²) >= 11 is 11.9. The second-order valence-electron chi connectivity index (χ2n) is 3.63. The maximum atomic E-state index is 8.78. The van der Waals surface area contributed by atoms with Gasteiger partial charge in [0.15, 0.2) is 0 Å². The Morgan fingerprint density at radius 3 is 2.78 bits per heavy atom. The van der Waals surface area contributed by atoms with Crippen LogP contribution in [0.5, 0.6) is 0 Å². The Morgan fingerprint density at radius 2 is 2.06 bits per heavy atom. The van der Waals surface area contributed by atoms with Crippen LogP contribution in [0.15, 0.2) is 36.5 Å². The summed E-state index contributed by atoms with van der Waals surface area (Å²) in [6.45, 7) is 0.526. The molecule has 0 spiro atoms. The van der Waals surface area contributed by atoms with E-state index in [4.69, 9.17) is 28.5 Å². The molecule has 1 heterocycles. The van der Waals surface area contributed by atoms with Crippen molar-refractivity contribution >= 4 is 29.0 Å². The highest BCUT2D eigenvalue weighted by molar-refractivity contribution is 6.35. The lowest BCUT2D eigenvalue weighted by Crippen LogP contribution is -2.02. The van der Waals surface area contributed by atoms with Gasteiger partial charge in [0, 0.05) is 22.8 Å². The van der Waals surface area contributed by atoms with E-state index in [0.717, 1.165) is 5.56 Å². The summed E-state index contributed by atoms with van der Waals surface area (Å²) in [5, 5.41) is 13.1.